The van der Waals surface area contributed by atoms with Crippen LogP contribution in [-0.2, 0) is 0 Å². The number of anilines is 1. The van der Waals surface area contributed by atoms with Gasteiger partial charge in [-0.3, -0.25) is 9.88 Å². The van der Waals surface area contributed by atoms with Gasteiger partial charge in [0.1, 0.15) is 0 Å². The van der Waals surface area contributed by atoms with Crippen LogP contribution in [0, 0.1) is 0 Å². The molecule has 17 heavy (non-hydrogen) atoms. The van der Waals surface area contributed by atoms with E-state index in [1.165, 1.54) is 0 Å². The molecular weight excluding hydrogens is 234 g/mol. The number of halogens is 1. The molecule has 1 fully saturated rings. The molecule has 4 heteroatoms. The maximum atomic E-state index is 6.17. The number of rotatable bonds is 1. The summed E-state index contributed by atoms with van der Waals surface area (Å²) < 4.78 is 0. The first-order chi connectivity index (χ1) is 7.98. The smallest absolute Gasteiger partial charge is 0.0822 e. The topological polar surface area (TPSA) is 19.4 Å². The van der Waals surface area contributed by atoms with Crippen molar-refractivity contribution in [1.29, 1.82) is 0 Å². The van der Waals surface area contributed by atoms with Crippen LogP contribution in [0.1, 0.15) is 20.8 Å². The summed E-state index contributed by atoms with van der Waals surface area (Å²) in [6.07, 6.45) is 3.52. The lowest BCUT2D eigenvalue weighted by atomic mass is 10.0. The molecule has 0 unspecified atom stereocenters. The Labute approximate surface area is 108 Å². The van der Waals surface area contributed by atoms with Gasteiger partial charge in [0.05, 0.1) is 10.7 Å². The number of pyridine rings is 1. The highest BCUT2D eigenvalue weighted by molar-refractivity contribution is 6.33. The van der Waals surface area contributed by atoms with Gasteiger partial charge in [0.2, 0.25) is 0 Å². The van der Waals surface area contributed by atoms with Crippen LogP contribution < -0.4 is 4.90 Å². The second kappa shape index (κ2) is 4.83. The lowest BCUT2D eigenvalue weighted by Gasteiger charge is -2.43. The van der Waals surface area contributed by atoms with Gasteiger partial charge < -0.3 is 4.90 Å². The van der Waals surface area contributed by atoms with Gasteiger partial charge in [-0.25, -0.2) is 0 Å². The third-order valence-corrected chi connectivity index (χ3v) is 3.61. The van der Waals surface area contributed by atoms with Crippen molar-refractivity contribution in [3.05, 3.63) is 23.5 Å². The van der Waals surface area contributed by atoms with Gasteiger partial charge in [0, 0.05) is 44.1 Å². The second-order valence-electron chi connectivity index (χ2n) is 5.47. The number of nitrogens with zero attached hydrogens (tertiary/aromatic N) is 3. The molecule has 94 valence electrons. The molecule has 1 saturated heterocycles. The Balaban J connectivity index is 2.03. The van der Waals surface area contributed by atoms with Crippen molar-refractivity contribution in [2.75, 3.05) is 31.1 Å². The maximum Gasteiger partial charge on any atom is 0.0822 e. The van der Waals surface area contributed by atoms with Crippen molar-refractivity contribution in [3.63, 3.8) is 0 Å². The van der Waals surface area contributed by atoms with Gasteiger partial charge in [0.15, 0.2) is 0 Å². The first-order valence-electron chi connectivity index (χ1n) is 6.08. The van der Waals surface area contributed by atoms with Crippen molar-refractivity contribution < 1.29 is 0 Å². The van der Waals surface area contributed by atoms with Crippen molar-refractivity contribution in [2.24, 2.45) is 0 Å². The Hall–Kier alpha value is -0.800. The monoisotopic (exact) mass is 253 g/mol. The normalized spacial score (nSPS) is 18.5. The third-order valence-electron chi connectivity index (χ3n) is 3.32. The van der Waals surface area contributed by atoms with Gasteiger partial charge in [-0.05, 0) is 26.8 Å². The average molecular weight is 254 g/mol. The van der Waals surface area contributed by atoms with Crippen LogP contribution >= 0.6 is 11.6 Å². The molecule has 1 aliphatic heterocycles. The van der Waals surface area contributed by atoms with Gasteiger partial charge in [-0.1, -0.05) is 11.6 Å². The fraction of sp³-hybridized carbons (Fsp3) is 0.615. The molecule has 0 spiro atoms. The predicted octanol–water partition coefficient (Wildman–Crippen LogP) is 2.66. The number of hydrogen-bond acceptors (Lipinski definition) is 3. The predicted molar refractivity (Wildman–Crippen MR) is 72.8 cm³/mol. The number of piperazine rings is 1. The quantitative estimate of drug-likeness (QED) is 0.767. The van der Waals surface area contributed by atoms with Gasteiger partial charge in [0.25, 0.3) is 0 Å². The Morgan fingerprint density at radius 1 is 1.18 bits per heavy atom. The first-order valence-corrected chi connectivity index (χ1v) is 6.46. The largest absolute Gasteiger partial charge is 0.368 e. The summed E-state index contributed by atoms with van der Waals surface area (Å²) in [5, 5.41) is 0.747. The standard InChI is InChI=1S/C13H20ClN3/c1-13(2,3)17-8-6-16(7-9-17)12-4-5-15-10-11(12)14/h4-5,10H,6-9H2,1-3H3. The summed E-state index contributed by atoms with van der Waals surface area (Å²) in [6.45, 7) is 11.0. The third kappa shape index (κ3) is 2.90. The van der Waals surface area contributed by atoms with Crippen LogP contribution in [0.2, 0.25) is 5.02 Å². The Morgan fingerprint density at radius 3 is 2.35 bits per heavy atom. The van der Waals surface area contributed by atoms with E-state index >= 15 is 0 Å². The molecule has 0 aromatic carbocycles. The van der Waals surface area contributed by atoms with E-state index in [-0.39, 0.29) is 5.54 Å². The molecule has 3 nitrogen and oxygen atoms in total. The fourth-order valence-electron chi connectivity index (χ4n) is 2.24. The van der Waals surface area contributed by atoms with E-state index in [1.54, 1.807) is 12.4 Å². The lowest BCUT2D eigenvalue weighted by Crippen LogP contribution is -2.53. The maximum absolute atomic E-state index is 6.17. The summed E-state index contributed by atoms with van der Waals surface area (Å²) in [6, 6.07) is 2.00. The summed E-state index contributed by atoms with van der Waals surface area (Å²) in [7, 11) is 0. The summed E-state index contributed by atoms with van der Waals surface area (Å²) >= 11 is 6.17. The van der Waals surface area contributed by atoms with E-state index in [2.05, 4.69) is 35.6 Å². The molecule has 2 rings (SSSR count). The van der Waals surface area contributed by atoms with E-state index in [0.717, 1.165) is 36.9 Å². The zero-order valence-electron chi connectivity index (χ0n) is 10.8. The molecule has 0 radical (unpaired) electrons. The van der Waals surface area contributed by atoms with E-state index in [4.69, 9.17) is 11.6 Å². The van der Waals surface area contributed by atoms with Crippen molar-refractivity contribution in [1.82, 2.24) is 9.88 Å². The molecule has 1 aromatic rings. The molecule has 0 atom stereocenters. The van der Waals surface area contributed by atoms with E-state index in [0.29, 0.717) is 0 Å². The second-order valence-corrected chi connectivity index (χ2v) is 5.88. The van der Waals surface area contributed by atoms with Gasteiger partial charge >= 0.3 is 0 Å². The minimum Gasteiger partial charge on any atom is -0.368 e. The highest BCUT2D eigenvalue weighted by Crippen LogP contribution is 2.26. The Kier molecular flexibility index (Phi) is 3.59. The molecule has 2 heterocycles. The molecule has 0 N–H and O–H groups in total. The van der Waals surface area contributed by atoms with Gasteiger partial charge in [-0.15, -0.1) is 0 Å². The number of aromatic nitrogens is 1. The molecule has 1 aliphatic rings. The average Bonchev–Trinajstić information content (AvgIpc) is 2.29. The van der Waals surface area contributed by atoms with Crippen LogP contribution in [0.15, 0.2) is 18.5 Å². The SMILES string of the molecule is CC(C)(C)N1CCN(c2ccncc2Cl)CC1. The van der Waals surface area contributed by atoms with Crippen LogP contribution in [0.3, 0.4) is 0 Å². The molecule has 0 bridgehead atoms. The van der Waals surface area contributed by atoms with E-state index < -0.39 is 0 Å². The van der Waals surface area contributed by atoms with Crippen LogP contribution in [0.4, 0.5) is 5.69 Å². The van der Waals surface area contributed by atoms with E-state index in [1.807, 2.05) is 6.07 Å². The summed E-state index contributed by atoms with van der Waals surface area (Å²) in [4.78, 5) is 8.88. The van der Waals surface area contributed by atoms with Crippen molar-refractivity contribution >= 4 is 17.3 Å². The molecule has 0 saturated carbocycles. The van der Waals surface area contributed by atoms with Crippen LogP contribution in [0.25, 0.3) is 0 Å². The van der Waals surface area contributed by atoms with Crippen LogP contribution in [0.5, 0.6) is 0 Å². The van der Waals surface area contributed by atoms with E-state index in [9.17, 15) is 0 Å². The fourth-order valence-corrected chi connectivity index (χ4v) is 2.48. The number of hydrogen-bond donors (Lipinski definition) is 0. The minimum absolute atomic E-state index is 0.258. The minimum atomic E-state index is 0.258. The summed E-state index contributed by atoms with van der Waals surface area (Å²) in [5.41, 5.74) is 1.36. The highest BCUT2D eigenvalue weighted by Gasteiger charge is 2.26. The van der Waals surface area contributed by atoms with Crippen molar-refractivity contribution in [2.45, 2.75) is 26.3 Å². The molecular formula is C13H20ClN3. The summed E-state index contributed by atoms with van der Waals surface area (Å²) in [5.74, 6) is 0. The van der Waals surface area contributed by atoms with Gasteiger partial charge in [-0.2, -0.15) is 0 Å². The molecule has 0 amide bonds. The zero-order chi connectivity index (χ0) is 12.5. The zero-order valence-corrected chi connectivity index (χ0v) is 11.5. The first kappa shape index (κ1) is 12.7. The molecule has 1 aromatic heterocycles. The highest BCUT2D eigenvalue weighted by atomic mass is 35.5. The van der Waals surface area contributed by atoms with Crippen molar-refractivity contribution in [3.8, 4) is 0 Å². The lowest BCUT2D eigenvalue weighted by molar-refractivity contribution is 0.128. The Morgan fingerprint density at radius 2 is 1.82 bits per heavy atom. The Bertz CT molecular complexity index is 378. The van der Waals surface area contributed by atoms with Crippen LogP contribution in [-0.4, -0.2) is 41.6 Å². The molecule has 0 aliphatic carbocycles.